The average molecular weight is 291 g/mol. The Bertz CT molecular complexity index is 343. The highest BCUT2D eigenvalue weighted by atomic mass is 79.9. The third kappa shape index (κ3) is 4.22. The van der Waals surface area contributed by atoms with Crippen molar-refractivity contribution in [2.24, 2.45) is 5.92 Å². The summed E-state index contributed by atoms with van der Waals surface area (Å²) in [6.07, 6.45) is 0. The van der Waals surface area contributed by atoms with Crippen LogP contribution in [0.4, 0.5) is 0 Å². The summed E-state index contributed by atoms with van der Waals surface area (Å²) in [4.78, 5) is 11.6. The van der Waals surface area contributed by atoms with Gasteiger partial charge in [-0.3, -0.25) is 4.79 Å². The van der Waals surface area contributed by atoms with E-state index in [-0.39, 0.29) is 5.91 Å². The maximum Gasteiger partial charge on any atom is 0.251 e. The molecule has 1 aromatic rings. The number of alkyl halides is 1. The second-order valence-electron chi connectivity index (χ2n) is 3.48. The van der Waals surface area contributed by atoms with Crippen molar-refractivity contribution in [1.82, 2.24) is 5.32 Å². The zero-order valence-corrected chi connectivity index (χ0v) is 10.8. The third-order valence-electron chi connectivity index (χ3n) is 1.96. The summed E-state index contributed by atoms with van der Waals surface area (Å²) in [5, 5.41) is 4.31. The minimum atomic E-state index is -0.0784. The van der Waals surface area contributed by atoms with Crippen LogP contribution in [0.2, 0.25) is 5.02 Å². The maximum atomic E-state index is 11.6. The van der Waals surface area contributed by atoms with E-state index in [1.54, 1.807) is 24.3 Å². The first-order valence-electron chi connectivity index (χ1n) is 4.73. The van der Waals surface area contributed by atoms with Crippen molar-refractivity contribution < 1.29 is 4.79 Å². The fourth-order valence-corrected chi connectivity index (χ4v) is 1.47. The Labute approximate surface area is 103 Å². The molecule has 0 saturated heterocycles. The van der Waals surface area contributed by atoms with Gasteiger partial charge in [-0.05, 0) is 24.1 Å². The standard InChI is InChI=1S/C11H13BrClNO/c1-8(6-12)7-14-11(15)9-3-2-4-10(13)5-9/h2-5,8H,6-7H2,1H3,(H,14,15). The summed E-state index contributed by atoms with van der Waals surface area (Å²) >= 11 is 9.15. The average Bonchev–Trinajstić information content (AvgIpc) is 2.25. The van der Waals surface area contributed by atoms with E-state index in [1.165, 1.54) is 0 Å². The van der Waals surface area contributed by atoms with Crippen LogP contribution in [0, 0.1) is 5.92 Å². The Morgan fingerprint density at radius 1 is 1.60 bits per heavy atom. The normalized spacial score (nSPS) is 12.2. The van der Waals surface area contributed by atoms with E-state index >= 15 is 0 Å². The van der Waals surface area contributed by atoms with Gasteiger partial charge >= 0.3 is 0 Å². The fourth-order valence-electron chi connectivity index (χ4n) is 1.05. The van der Waals surface area contributed by atoms with Crippen LogP contribution in [0.1, 0.15) is 17.3 Å². The zero-order valence-electron chi connectivity index (χ0n) is 8.47. The number of carbonyl (C=O) groups excluding carboxylic acids is 1. The van der Waals surface area contributed by atoms with Gasteiger partial charge in [0, 0.05) is 22.5 Å². The molecule has 0 aliphatic heterocycles. The highest BCUT2D eigenvalue weighted by Crippen LogP contribution is 2.10. The monoisotopic (exact) mass is 289 g/mol. The summed E-state index contributed by atoms with van der Waals surface area (Å²) in [6.45, 7) is 2.73. The quantitative estimate of drug-likeness (QED) is 0.848. The van der Waals surface area contributed by atoms with Crippen molar-refractivity contribution in [3.8, 4) is 0 Å². The number of carbonyl (C=O) groups is 1. The Kier molecular flexibility index (Phi) is 5.12. The van der Waals surface area contributed by atoms with Gasteiger partial charge in [0.05, 0.1) is 0 Å². The van der Waals surface area contributed by atoms with Crippen LogP contribution < -0.4 is 5.32 Å². The molecule has 0 aliphatic carbocycles. The van der Waals surface area contributed by atoms with Crippen molar-refractivity contribution in [1.29, 1.82) is 0 Å². The van der Waals surface area contributed by atoms with E-state index in [4.69, 9.17) is 11.6 Å². The molecule has 0 radical (unpaired) electrons. The number of hydrogen-bond donors (Lipinski definition) is 1. The van der Waals surface area contributed by atoms with Crippen LogP contribution in [0.3, 0.4) is 0 Å². The predicted molar refractivity (Wildman–Crippen MR) is 66.7 cm³/mol. The molecule has 82 valence electrons. The van der Waals surface area contributed by atoms with Crippen molar-refractivity contribution in [2.45, 2.75) is 6.92 Å². The van der Waals surface area contributed by atoms with Crippen molar-refractivity contribution >= 4 is 33.4 Å². The number of benzene rings is 1. The highest BCUT2D eigenvalue weighted by molar-refractivity contribution is 9.09. The lowest BCUT2D eigenvalue weighted by atomic mass is 10.2. The van der Waals surface area contributed by atoms with Crippen LogP contribution in [0.15, 0.2) is 24.3 Å². The van der Waals surface area contributed by atoms with Gasteiger partial charge in [0.1, 0.15) is 0 Å². The number of nitrogens with one attached hydrogen (secondary N) is 1. The largest absolute Gasteiger partial charge is 0.352 e. The number of halogens is 2. The van der Waals surface area contributed by atoms with Gasteiger partial charge < -0.3 is 5.32 Å². The Balaban J connectivity index is 2.54. The smallest absolute Gasteiger partial charge is 0.251 e. The first-order chi connectivity index (χ1) is 7.13. The molecule has 0 aromatic heterocycles. The molecule has 4 heteroatoms. The summed E-state index contributed by atoms with van der Waals surface area (Å²) in [6, 6.07) is 6.93. The van der Waals surface area contributed by atoms with Crippen LogP contribution >= 0.6 is 27.5 Å². The molecule has 2 nitrogen and oxygen atoms in total. The lowest BCUT2D eigenvalue weighted by molar-refractivity contribution is 0.0949. The predicted octanol–water partition coefficient (Wildman–Crippen LogP) is 3.10. The Hall–Kier alpha value is -0.540. The fraction of sp³-hybridized carbons (Fsp3) is 0.364. The molecular formula is C11H13BrClNO. The minimum Gasteiger partial charge on any atom is -0.352 e. The topological polar surface area (TPSA) is 29.1 Å². The molecule has 1 rings (SSSR count). The van der Waals surface area contributed by atoms with Crippen molar-refractivity contribution in [3.05, 3.63) is 34.9 Å². The molecule has 0 fully saturated rings. The van der Waals surface area contributed by atoms with Crippen LogP contribution in [-0.4, -0.2) is 17.8 Å². The Morgan fingerprint density at radius 3 is 2.93 bits per heavy atom. The van der Waals surface area contributed by atoms with Crippen LogP contribution in [-0.2, 0) is 0 Å². The molecule has 1 unspecified atom stereocenters. The van der Waals surface area contributed by atoms with Gasteiger partial charge in [-0.2, -0.15) is 0 Å². The van der Waals surface area contributed by atoms with E-state index in [9.17, 15) is 4.79 Å². The summed E-state index contributed by atoms with van der Waals surface area (Å²) in [5.41, 5.74) is 0.601. The molecule has 15 heavy (non-hydrogen) atoms. The number of hydrogen-bond acceptors (Lipinski definition) is 1. The minimum absolute atomic E-state index is 0.0784. The van der Waals surface area contributed by atoms with Gasteiger partial charge in [0.25, 0.3) is 5.91 Å². The molecular weight excluding hydrogens is 277 g/mol. The maximum absolute atomic E-state index is 11.6. The second-order valence-corrected chi connectivity index (χ2v) is 4.56. The summed E-state index contributed by atoms with van der Waals surface area (Å²) < 4.78 is 0. The van der Waals surface area contributed by atoms with Gasteiger partial charge in [0.2, 0.25) is 0 Å². The van der Waals surface area contributed by atoms with E-state index in [0.717, 1.165) is 5.33 Å². The van der Waals surface area contributed by atoms with Crippen molar-refractivity contribution in [3.63, 3.8) is 0 Å². The zero-order chi connectivity index (χ0) is 11.3. The molecule has 1 N–H and O–H groups in total. The van der Waals surface area contributed by atoms with Gasteiger partial charge in [-0.1, -0.05) is 40.5 Å². The molecule has 1 amide bonds. The summed E-state index contributed by atoms with van der Waals surface area (Å²) in [7, 11) is 0. The number of rotatable bonds is 4. The summed E-state index contributed by atoms with van der Waals surface area (Å²) in [5.74, 6) is 0.346. The first kappa shape index (κ1) is 12.5. The molecule has 1 atom stereocenters. The van der Waals surface area contributed by atoms with Crippen LogP contribution in [0.25, 0.3) is 0 Å². The lowest BCUT2D eigenvalue weighted by Crippen LogP contribution is -2.28. The SMILES string of the molecule is CC(CBr)CNC(=O)c1cccc(Cl)c1. The molecule has 0 aliphatic rings. The number of amides is 1. The van der Waals surface area contributed by atoms with Gasteiger partial charge in [0.15, 0.2) is 0 Å². The van der Waals surface area contributed by atoms with E-state index in [0.29, 0.717) is 23.0 Å². The van der Waals surface area contributed by atoms with Crippen molar-refractivity contribution in [2.75, 3.05) is 11.9 Å². The lowest BCUT2D eigenvalue weighted by Gasteiger charge is -2.09. The Morgan fingerprint density at radius 2 is 2.33 bits per heavy atom. The third-order valence-corrected chi connectivity index (χ3v) is 3.30. The highest BCUT2D eigenvalue weighted by Gasteiger charge is 2.07. The van der Waals surface area contributed by atoms with Gasteiger partial charge in [-0.15, -0.1) is 0 Å². The second kappa shape index (κ2) is 6.13. The molecule has 0 saturated carbocycles. The molecule has 0 spiro atoms. The van der Waals surface area contributed by atoms with Gasteiger partial charge in [-0.25, -0.2) is 0 Å². The van der Waals surface area contributed by atoms with E-state index < -0.39 is 0 Å². The molecule has 1 aromatic carbocycles. The van der Waals surface area contributed by atoms with E-state index in [2.05, 4.69) is 28.2 Å². The van der Waals surface area contributed by atoms with Crippen LogP contribution in [0.5, 0.6) is 0 Å². The molecule has 0 heterocycles. The first-order valence-corrected chi connectivity index (χ1v) is 6.23. The molecule has 0 bridgehead atoms. The van der Waals surface area contributed by atoms with E-state index in [1.807, 2.05) is 0 Å².